The monoisotopic (exact) mass is 276 g/mol. The van der Waals surface area contributed by atoms with Crippen LogP contribution >= 0.6 is 0 Å². The summed E-state index contributed by atoms with van der Waals surface area (Å²) < 4.78 is 39.1. The molecule has 0 spiro atoms. The fourth-order valence-corrected chi connectivity index (χ4v) is 2.48. The molecule has 0 unspecified atom stereocenters. The van der Waals surface area contributed by atoms with E-state index in [0.717, 1.165) is 12.1 Å². The summed E-state index contributed by atoms with van der Waals surface area (Å²) in [4.78, 5) is 10.5. The van der Waals surface area contributed by atoms with Gasteiger partial charge in [-0.1, -0.05) is 0 Å². The SMILES string of the molecule is Cc1cc(S(=O)(=O)NCCN)cc(C(=O)O)c1F. The molecule has 1 rings (SSSR count). The van der Waals surface area contributed by atoms with Crippen LogP contribution in [0, 0.1) is 12.7 Å². The van der Waals surface area contributed by atoms with Crippen molar-refractivity contribution in [1.82, 2.24) is 4.72 Å². The van der Waals surface area contributed by atoms with E-state index in [9.17, 15) is 17.6 Å². The second-order valence-electron chi connectivity index (χ2n) is 3.59. The summed E-state index contributed by atoms with van der Waals surface area (Å²) in [6, 6.07) is 1.85. The summed E-state index contributed by atoms with van der Waals surface area (Å²) in [5.41, 5.74) is 4.43. The van der Waals surface area contributed by atoms with Gasteiger partial charge in [0.1, 0.15) is 5.82 Å². The smallest absolute Gasteiger partial charge is 0.338 e. The Balaban J connectivity index is 3.31. The number of halogens is 1. The fraction of sp³-hybridized carbons (Fsp3) is 0.300. The molecule has 0 aliphatic rings. The van der Waals surface area contributed by atoms with Gasteiger partial charge in [-0.05, 0) is 24.6 Å². The van der Waals surface area contributed by atoms with Crippen LogP contribution < -0.4 is 10.5 Å². The number of aryl methyl sites for hydroxylation is 1. The Kier molecular flexibility index (Phi) is 4.38. The Morgan fingerprint density at radius 2 is 2.11 bits per heavy atom. The Bertz CT molecular complexity index is 571. The first-order valence-corrected chi connectivity index (χ1v) is 6.51. The van der Waals surface area contributed by atoms with E-state index in [1.807, 2.05) is 0 Å². The lowest BCUT2D eigenvalue weighted by molar-refractivity contribution is 0.0691. The minimum absolute atomic E-state index is 0.0150. The second kappa shape index (κ2) is 5.42. The molecule has 4 N–H and O–H groups in total. The van der Waals surface area contributed by atoms with Crippen LogP contribution in [-0.2, 0) is 10.0 Å². The summed E-state index contributed by atoms with van der Waals surface area (Å²) in [7, 11) is -3.88. The van der Waals surface area contributed by atoms with E-state index in [4.69, 9.17) is 10.8 Å². The van der Waals surface area contributed by atoms with Gasteiger partial charge >= 0.3 is 5.97 Å². The summed E-state index contributed by atoms with van der Waals surface area (Å²) in [6.45, 7) is 1.41. The van der Waals surface area contributed by atoms with Gasteiger partial charge < -0.3 is 10.8 Å². The van der Waals surface area contributed by atoms with Crippen molar-refractivity contribution in [3.05, 3.63) is 29.1 Å². The van der Waals surface area contributed by atoms with Gasteiger partial charge in [0.15, 0.2) is 0 Å². The molecule has 8 heteroatoms. The van der Waals surface area contributed by atoms with Crippen LogP contribution in [0.3, 0.4) is 0 Å². The zero-order valence-corrected chi connectivity index (χ0v) is 10.4. The number of hydrogen-bond acceptors (Lipinski definition) is 4. The normalized spacial score (nSPS) is 11.5. The van der Waals surface area contributed by atoms with Crippen molar-refractivity contribution in [2.45, 2.75) is 11.8 Å². The van der Waals surface area contributed by atoms with E-state index < -0.39 is 27.4 Å². The van der Waals surface area contributed by atoms with Crippen LogP contribution in [0.2, 0.25) is 0 Å². The van der Waals surface area contributed by atoms with Gasteiger partial charge in [-0.2, -0.15) is 0 Å². The van der Waals surface area contributed by atoms with Crippen LogP contribution in [0.25, 0.3) is 0 Å². The number of carboxylic acid groups (broad SMARTS) is 1. The molecule has 18 heavy (non-hydrogen) atoms. The zero-order valence-electron chi connectivity index (χ0n) is 9.60. The molecular formula is C10H13FN2O4S. The van der Waals surface area contributed by atoms with Crippen molar-refractivity contribution < 1.29 is 22.7 Å². The number of carbonyl (C=O) groups is 1. The summed E-state index contributed by atoms with van der Waals surface area (Å²) >= 11 is 0. The van der Waals surface area contributed by atoms with Gasteiger partial charge in [-0.25, -0.2) is 22.3 Å². The summed E-state index contributed by atoms with van der Waals surface area (Å²) in [5.74, 6) is -2.47. The van der Waals surface area contributed by atoms with Crippen LogP contribution in [0.15, 0.2) is 17.0 Å². The van der Waals surface area contributed by atoms with Crippen molar-refractivity contribution in [3.63, 3.8) is 0 Å². The number of sulfonamides is 1. The van der Waals surface area contributed by atoms with Gasteiger partial charge in [-0.15, -0.1) is 0 Å². The van der Waals surface area contributed by atoms with Gasteiger partial charge in [0, 0.05) is 13.1 Å². The van der Waals surface area contributed by atoms with Crippen molar-refractivity contribution in [2.75, 3.05) is 13.1 Å². The molecule has 1 aromatic rings. The highest BCUT2D eigenvalue weighted by Crippen LogP contribution is 2.19. The molecule has 0 aliphatic carbocycles. The number of rotatable bonds is 5. The Hall–Kier alpha value is -1.51. The molecular weight excluding hydrogens is 263 g/mol. The number of aromatic carboxylic acids is 1. The average Bonchev–Trinajstić information content (AvgIpc) is 2.29. The number of nitrogens with one attached hydrogen (secondary N) is 1. The van der Waals surface area contributed by atoms with E-state index in [1.165, 1.54) is 6.92 Å². The predicted octanol–water partition coefficient (Wildman–Crippen LogP) is 0.0693. The standard InChI is InChI=1S/C10H13FN2O4S/c1-6-4-7(18(16,17)13-3-2-12)5-8(9(6)11)10(14)15/h4-5,13H,2-3,12H2,1H3,(H,14,15). The van der Waals surface area contributed by atoms with E-state index in [2.05, 4.69) is 4.72 Å². The number of benzene rings is 1. The molecule has 0 fully saturated rings. The van der Waals surface area contributed by atoms with Crippen molar-refractivity contribution >= 4 is 16.0 Å². The second-order valence-corrected chi connectivity index (χ2v) is 5.36. The van der Waals surface area contributed by atoms with Crippen molar-refractivity contribution in [2.24, 2.45) is 5.73 Å². The molecule has 0 aliphatic heterocycles. The summed E-state index contributed by atoms with van der Waals surface area (Å²) in [5, 5.41) is 8.78. The molecule has 6 nitrogen and oxygen atoms in total. The molecule has 1 aromatic carbocycles. The maximum absolute atomic E-state index is 13.5. The molecule has 0 radical (unpaired) electrons. The minimum atomic E-state index is -3.88. The first-order chi connectivity index (χ1) is 8.29. The molecule has 0 aromatic heterocycles. The lowest BCUT2D eigenvalue weighted by Crippen LogP contribution is -2.29. The average molecular weight is 276 g/mol. The molecule has 0 saturated heterocycles. The van der Waals surface area contributed by atoms with Crippen molar-refractivity contribution in [1.29, 1.82) is 0 Å². The highest BCUT2D eigenvalue weighted by Gasteiger charge is 2.20. The van der Waals surface area contributed by atoms with E-state index in [1.54, 1.807) is 0 Å². The van der Waals surface area contributed by atoms with Crippen LogP contribution in [0.5, 0.6) is 0 Å². The van der Waals surface area contributed by atoms with Gasteiger partial charge in [0.2, 0.25) is 10.0 Å². The highest BCUT2D eigenvalue weighted by molar-refractivity contribution is 7.89. The van der Waals surface area contributed by atoms with Gasteiger partial charge in [0.25, 0.3) is 0 Å². The van der Waals surface area contributed by atoms with Gasteiger partial charge in [-0.3, -0.25) is 0 Å². The molecule has 0 bridgehead atoms. The first-order valence-electron chi connectivity index (χ1n) is 5.02. The van der Waals surface area contributed by atoms with E-state index in [-0.39, 0.29) is 23.5 Å². The maximum atomic E-state index is 13.5. The Morgan fingerprint density at radius 1 is 1.50 bits per heavy atom. The number of carboxylic acids is 1. The minimum Gasteiger partial charge on any atom is -0.478 e. The third-order valence-electron chi connectivity index (χ3n) is 2.21. The van der Waals surface area contributed by atoms with Gasteiger partial charge in [0.05, 0.1) is 10.5 Å². The highest BCUT2D eigenvalue weighted by atomic mass is 32.2. The zero-order chi connectivity index (χ0) is 13.9. The Morgan fingerprint density at radius 3 is 2.61 bits per heavy atom. The molecule has 0 amide bonds. The largest absolute Gasteiger partial charge is 0.478 e. The van der Waals surface area contributed by atoms with Crippen LogP contribution in [0.1, 0.15) is 15.9 Å². The fourth-order valence-electron chi connectivity index (χ4n) is 1.32. The number of nitrogens with two attached hydrogens (primary N) is 1. The van der Waals surface area contributed by atoms with Crippen LogP contribution in [-0.4, -0.2) is 32.6 Å². The maximum Gasteiger partial charge on any atom is 0.338 e. The molecule has 100 valence electrons. The summed E-state index contributed by atoms with van der Waals surface area (Å²) in [6.07, 6.45) is 0. The Labute approximate surface area is 104 Å². The van der Waals surface area contributed by atoms with Crippen LogP contribution in [0.4, 0.5) is 4.39 Å². The van der Waals surface area contributed by atoms with Crippen molar-refractivity contribution in [3.8, 4) is 0 Å². The third kappa shape index (κ3) is 3.03. The lowest BCUT2D eigenvalue weighted by atomic mass is 10.1. The third-order valence-corrected chi connectivity index (χ3v) is 3.65. The molecule has 0 heterocycles. The first kappa shape index (κ1) is 14.6. The topological polar surface area (TPSA) is 109 Å². The lowest BCUT2D eigenvalue weighted by Gasteiger charge is -2.08. The quantitative estimate of drug-likeness (QED) is 0.705. The molecule has 0 saturated carbocycles. The van der Waals surface area contributed by atoms with E-state index >= 15 is 0 Å². The number of hydrogen-bond donors (Lipinski definition) is 3. The predicted molar refractivity (Wildman–Crippen MR) is 62.3 cm³/mol. The molecule has 0 atom stereocenters. The van der Waals surface area contributed by atoms with E-state index in [0.29, 0.717) is 0 Å².